The van der Waals surface area contributed by atoms with E-state index in [-0.39, 0.29) is 10.8 Å². The second kappa shape index (κ2) is 4.19. The first-order chi connectivity index (χ1) is 6.30. The molecule has 14 heavy (non-hydrogen) atoms. The van der Waals surface area contributed by atoms with Gasteiger partial charge >= 0.3 is 0 Å². The minimum Gasteiger partial charge on any atom is -0.246 e. The minimum atomic E-state index is 0.148. The number of nitrogens with zero attached hydrogens (tertiary/aromatic N) is 1. The number of aromatic nitrogens is 1. The van der Waals surface area contributed by atoms with Gasteiger partial charge < -0.3 is 0 Å². The van der Waals surface area contributed by atoms with Gasteiger partial charge in [0.05, 0.1) is 10.7 Å². The van der Waals surface area contributed by atoms with Crippen molar-refractivity contribution >= 4 is 22.9 Å². The van der Waals surface area contributed by atoms with Crippen LogP contribution in [0.2, 0.25) is 0 Å². The number of hydrogen-bond acceptors (Lipinski definition) is 2. The lowest BCUT2D eigenvalue weighted by atomic mass is 9.90. The molecule has 0 saturated carbocycles. The minimum absolute atomic E-state index is 0.148. The van der Waals surface area contributed by atoms with Gasteiger partial charge in [0.25, 0.3) is 0 Å². The predicted molar refractivity (Wildman–Crippen MR) is 64.4 cm³/mol. The van der Waals surface area contributed by atoms with Crippen molar-refractivity contribution in [2.24, 2.45) is 5.41 Å². The van der Waals surface area contributed by atoms with Crippen molar-refractivity contribution in [1.29, 1.82) is 0 Å². The summed E-state index contributed by atoms with van der Waals surface area (Å²) in [6, 6.07) is 0. The van der Waals surface area contributed by atoms with Crippen molar-refractivity contribution in [3.05, 3.63) is 15.6 Å². The molecule has 0 aromatic carbocycles. The number of aryl methyl sites for hydroxylation is 2. The van der Waals surface area contributed by atoms with Crippen molar-refractivity contribution in [3.8, 4) is 0 Å². The van der Waals surface area contributed by atoms with Crippen LogP contribution in [0.25, 0.3) is 0 Å². The molecule has 0 aliphatic rings. The summed E-state index contributed by atoms with van der Waals surface area (Å²) in [6.45, 7) is 10.7. The van der Waals surface area contributed by atoms with Crippen LogP contribution in [0.3, 0.4) is 0 Å². The summed E-state index contributed by atoms with van der Waals surface area (Å²) in [4.78, 5) is 5.80. The zero-order valence-corrected chi connectivity index (χ0v) is 11.1. The van der Waals surface area contributed by atoms with Crippen LogP contribution in [0.5, 0.6) is 0 Å². The van der Waals surface area contributed by atoms with Crippen LogP contribution < -0.4 is 0 Å². The number of hydrogen-bond donors (Lipinski definition) is 0. The first kappa shape index (κ1) is 12.0. The molecule has 1 nitrogen and oxygen atoms in total. The maximum absolute atomic E-state index is 6.32. The molecule has 1 rings (SSSR count). The van der Waals surface area contributed by atoms with Crippen LogP contribution in [0.1, 0.15) is 36.3 Å². The van der Waals surface area contributed by atoms with E-state index < -0.39 is 0 Å². The van der Waals surface area contributed by atoms with Crippen molar-refractivity contribution in [2.45, 2.75) is 46.4 Å². The average molecular weight is 232 g/mol. The fourth-order valence-electron chi connectivity index (χ4n) is 1.09. The van der Waals surface area contributed by atoms with Gasteiger partial charge in [0.2, 0.25) is 0 Å². The molecule has 0 saturated heterocycles. The normalized spacial score (nSPS) is 14.4. The van der Waals surface area contributed by atoms with E-state index in [9.17, 15) is 0 Å². The van der Waals surface area contributed by atoms with E-state index in [2.05, 4.69) is 39.6 Å². The Balaban J connectivity index is 2.70. The van der Waals surface area contributed by atoms with Gasteiger partial charge in [-0.3, -0.25) is 0 Å². The van der Waals surface area contributed by atoms with Gasteiger partial charge in [-0.2, -0.15) is 0 Å². The summed E-state index contributed by atoms with van der Waals surface area (Å²) in [5.74, 6) is 0. The third-order valence-corrected chi connectivity index (χ3v) is 4.27. The Morgan fingerprint density at radius 3 is 2.29 bits per heavy atom. The fourth-order valence-corrected chi connectivity index (χ4v) is 2.30. The average Bonchev–Trinajstić information content (AvgIpc) is 2.29. The third-order valence-electron chi connectivity index (χ3n) is 2.37. The first-order valence-corrected chi connectivity index (χ1v) is 6.13. The lowest BCUT2D eigenvalue weighted by Gasteiger charge is -2.24. The van der Waals surface area contributed by atoms with E-state index in [0.717, 1.165) is 17.1 Å². The van der Waals surface area contributed by atoms with Crippen LogP contribution in [0.4, 0.5) is 0 Å². The Morgan fingerprint density at radius 2 is 1.93 bits per heavy atom. The summed E-state index contributed by atoms with van der Waals surface area (Å²) in [5, 5.41) is 1.32. The molecule has 0 spiro atoms. The van der Waals surface area contributed by atoms with Gasteiger partial charge in [0, 0.05) is 16.7 Å². The number of thiazole rings is 1. The maximum Gasteiger partial charge on any atom is 0.0945 e. The van der Waals surface area contributed by atoms with E-state index in [4.69, 9.17) is 11.6 Å². The van der Waals surface area contributed by atoms with E-state index in [1.54, 1.807) is 11.3 Å². The lowest BCUT2D eigenvalue weighted by molar-refractivity contribution is 0.386. The fraction of sp³-hybridized carbons (Fsp3) is 0.727. The van der Waals surface area contributed by atoms with E-state index in [0.29, 0.717) is 0 Å². The molecular formula is C11H18ClNS. The molecule has 0 amide bonds. The Labute approximate surface area is 95.5 Å². The molecule has 0 fully saturated rings. The smallest absolute Gasteiger partial charge is 0.0945 e. The number of rotatable bonds is 2. The molecule has 1 aromatic heterocycles. The highest BCUT2D eigenvalue weighted by atomic mass is 35.5. The molecule has 0 bridgehead atoms. The molecule has 1 atom stereocenters. The van der Waals surface area contributed by atoms with Crippen LogP contribution >= 0.6 is 22.9 Å². The van der Waals surface area contributed by atoms with Gasteiger partial charge in [0.1, 0.15) is 0 Å². The number of halogens is 1. The standard InChI is InChI=1S/C11H18ClNS/c1-7-8(2)14-10(13-7)6-9(12)11(3,4)5/h9H,6H2,1-5H3. The highest BCUT2D eigenvalue weighted by Gasteiger charge is 2.23. The second-order valence-corrected chi connectivity index (χ2v) is 6.60. The summed E-state index contributed by atoms with van der Waals surface area (Å²) in [5.41, 5.74) is 1.29. The molecule has 1 aromatic rings. The van der Waals surface area contributed by atoms with Gasteiger partial charge in [-0.15, -0.1) is 22.9 Å². The molecule has 0 radical (unpaired) electrons. The molecule has 0 aliphatic heterocycles. The highest BCUT2D eigenvalue weighted by molar-refractivity contribution is 7.11. The van der Waals surface area contributed by atoms with Crippen molar-refractivity contribution in [2.75, 3.05) is 0 Å². The van der Waals surface area contributed by atoms with Crippen LogP contribution in [-0.4, -0.2) is 10.4 Å². The Hall–Kier alpha value is -0.0800. The topological polar surface area (TPSA) is 12.9 Å². The van der Waals surface area contributed by atoms with Gasteiger partial charge in [-0.05, 0) is 19.3 Å². The molecule has 0 aliphatic carbocycles. The quantitative estimate of drug-likeness (QED) is 0.703. The van der Waals surface area contributed by atoms with Crippen molar-refractivity contribution in [1.82, 2.24) is 4.98 Å². The second-order valence-electron chi connectivity index (χ2n) is 4.79. The van der Waals surface area contributed by atoms with Crippen molar-refractivity contribution < 1.29 is 0 Å². The number of alkyl halides is 1. The van der Waals surface area contributed by atoms with Gasteiger partial charge in [0.15, 0.2) is 0 Å². The molecule has 0 N–H and O–H groups in total. The molecule has 80 valence electrons. The van der Waals surface area contributed by atoms with Crippen LogP contribution in [-0.2, 0) is 6.42 Å². The zero-order chi connectivity index (χ0) is 10.9. The van der Waals surface area contributed by atoms with E-state index in [1.807, 2.05) is 0 Å². The van der Waals surface area contributed by atoms with Crippen LogP contribution in [0, 0.1) is 19.3 Å². The molecule has 1 heterocycles. The SMILES string of the molecule is Cc1nc(CC(Cl)C(C)(C)C)sc1C. The van der Waals surface area contributed by atoms with Gasteiger partial charge in [-0.25, -0.2) is 4.98 Å². The Morgan fingerprint density at radius 1 is 1.36 bits per heavy atom. The zero-order valence-electron chi connectivity index (χ0n) is 9.52. The monoisotopic (exact) mass is 231 g/mol. The molecular weight excluding hydrogens is 214 g/mol. The first-order valence-electron chi connectivity index (χ1n) is 4.87. The summed E-state index contributed by atoms with van der Waals surface area (Å²) >= 11 is 8.08. The third kappa shape index (κ3) is 2.96. The highest BCUT2D eigenvalue weighted by Crippen LogP contribution is 2.29. The molecule has 1 unspecified atom stereocenters. The summed E-state index contributed by atoms with van der Waals surface area (Å²) in [6.07, 6.45) is 0.879. The van der Waals surface area contributed by atoms with Gasteiger partial charge in [-0.1, -0.05) is 20.8 Å². The molecule has 3 heteroatoms. The van der Waals surface area contributed by atoms with E-state index >= 15 is 0 Å². The summed E-state index contributed by atoms with van der Waals surface area (Å²) < 4.78 is 0. The largest absolute Gasteiger partial charge is 0.246 e. The lowest BCUT2D eigenvalue weighted by Crippen LogP contribution is -2.22. The summed E-state index contributed by atoms with van der Waals surface area (Å²) in [7, 11) is 0. The Kier molecular flexibility index (Phi) is 3.59. The Bertz CT molecular complexity index is 292. The van der Waals surface area contributed by atoms with Crippen molar-refractivity contribution in [3.63, 3.8) is 0 Å². The maximum atomic E-state index is 6.32. The van der Waals surface area contributed by atoms with E-state index in [1.165, 1.54) is 4.88 Å². The predicted octanol–water partition coefficient (Wildman–Crippen LogP) is 3.96. The van der Waals surface area contributed by atoms with Crippen LogP contribution in [0.15, 0.2) is 0 Å².